The van der Waals surface area contributed by atoms with Crippen molar-refractivity contribution in [1.29, 1.82) is 0 Å². The van der Waals surface area contributed by atoms with E-state index < -0.39 is 12.0 Å². The van der Waals surface area contributed by atoms with Crippen LogP contribution < -0.4 is 11.1 Å². The quantitative estimate of drug-likeness (QED) is 0.801. The van der Waals surface area contributed by atoms with Gasteiger partial charge in [-0.1, -0.05) is 13.3 Å². The molecule has 1 aromatic rings. The number of hydrogen-bond donors (Lipinski definition) is 2. The lowest BCUT2D eigenvalue weighted by Gasteiger charge is -2.12. The minimum Gasteiger partial charge on any atom is -0.465 e. The zero-order chi connectivity index (χ0) is 13.7. The number of nitrogens with two attached hydrogens (primary N) is 1. The highest BCUT2D eigenvalue weighted by Crippen LogP contribution is 2.28. The number of esters is 1. The van der Waals surface area contributed by atoms with Gasteiger partial charge in [0.2, 0.25) is 5.91 Å². The predicted molar refractivity (Wildman–Crippen MR) is 71.9 cm³/mol. The third-order valence-corrected chi connectivity index (χ3v) is 3.61. The van der Waals surface area contributed by atoms with E-state index >= 15 is 0 Å². The minimum absolute atomic E-state index is 0.275. The van der Waals surface area contributed by atoms with Crippen LogP contribution in [0.1, 0.15) is 35.0 Å². The molecule has 1 rings (SSSR count). The Balaban J connectivity index is 2.87. The van der Waals surface area contributed by atoms with E-state index in [2.05, 4.69) is 10.1 Å². The second-order valence-corrected chi connectivity index (χ2v) is 4.88. The summed E-state index contributed by atoms with van der Waals surface area (Å²) in [5.41, 5.74) is 7.06. The van der Waals surface area contributed by atoms with E-state index in [0.717, 1.165) is 12.0 Å². The van der Waals surface area contributed by atoms with Crippen molar-refractivity contribution in [2.24, 2.45) is 5.73 Å². The number of carbonyl (C=O) groups excluding carboxylic acids is 2. The summed E-state index contributed by atoms with van der Waals surface area (Å²) >= 11 is 1.25. The maximum atomic E-state index is 11.8. The van der Waals surface area contributed by atoms with Crippen LogP contribution in [-0.4, -0.2) is 25.0 Å². The summed E-state index contributed by atoms with van der Waals surface area (Å²) in [6, 6.07) is -0.556. The Morgan fingerprint density at radius 2 is 2.22 bits per heavy atom. The number of hydrogen-bond acceptors (Lipinski definition) is 5. The second-order valence-electron chi connectivity index (χ2n) is 4.00. The van der Waals surface area contributed by atoms with E-state index in [1.54, 1.807) is 5.38 Å². The summed E-state index contributed by atoms with van der Waals surface area (Å²) in [7, 11) is 1.31. The van der Waals surface area contributed by atoms with Crippen molar-refractivity contribution in [3.63, 3.8) is 0 Å². The molecular formula is C12H18N2O3S. The average molecular weight is 270 g/mol. The normalized spacial score (nSPS) is 12.0. The lowest BCUT2D eigenvalue weighted by atomic mass is 10.1. The minimum atomic E-state index is -0.556. The Morgan fingerprint density at radius 1 is 1.56 bits per heavy atom. The third kappa shape index (κ3) is 3.30. The van der Waals surface area contributed by atoms with E-state index in [0.29, 0.717) is 17.0 Å². The van der Waals surface area contributed by atoms with Gasteiger partial charge in [-0.2, -0.15) is 0 Å². The molecule has 0 bridgehead atoms. The zero-order valence-electron chi connectivity index (χ0n) is 10.8. The van der Waals surface area contributed by atoms with E-state index in [4.69, 9.17) is 5.73 Å². The van der Waals surface area contributed by atoms with Crippen LogP contribution in [0, 0.1) is 6.92 Å². The molecule has 100 valence electrons. The number of amides is 1. The number of carbonyl (C=O) groups is 2. The van der Waals surface area contributed by atoms with Crippen molar-refractivity contribution in [3.8, 4) is 0 Å². The largest absolute Gasteiger partial charge is 0.465 e. The summed E-state index contributed by atoms with van der Waals surface area (Å²) in [5, 5.41) is 4.50. The molecule has 0 saturated heterocycles. The Morgan fingerprint density at radius 3 is 2.78 bits per heavy atom. The van der Waals surface area contributed by atoms with Gasteiger partial charge in [0, 0.05) is 0 Å². The monoisotopic (exact) mass is 270 g/mol. The Hall–Kier alpha value is -1.40. The van der Waals surface area contributed by atoms with Gasteiger partial charge in [0.05, 0.1) is 18.8 Å². The number of thiophene rings is 1. The van der Waals surface area contributed by atoms with Gasteiger partial charge in [-0.05, 0) is 24.3 Å². The zero-order valence-corrected chi connectivity index (χ0v) is 11.6. The molecule has 0 fully saturated rings. The second kappa shape index (κ2) is 6.51. The molecule has 1 aromatic heterocycles. The molecule has 0 aromatic carbocycles. The van der Waals surface area contributed by atoms with Crippen LogP contribution >= 0.6 is 11.3 Å². The predicted octanol–water partition coefficient (Wildman–Crippen LogP) is 1.91. The fraction of sp³-hybridized carbons (Fsp3) is 0.500. The van der Waals surface area contributed by atoms with Gasteiger partial charge in [0.25, 0.3) is 0 Å². The van der Waals surface area contributed by atoms with Crippen LogP contribution in [0.4, 0.5) is 5.69 Å². The molecule has 0 saturated carbocycles. The van der Waals surface area contributed by atoms with E-state index in [1.165, 1.54) is 18.4 Å². The molecule has 5 nitrogen and oxygen atoms in total. The van der Waals surface area contributed by atoms with E-state index in [-0.39, 0.29) is 5.91 Å². The Labute approximate surface area is 110 Å². The van der Waals surface area contributed by atoms with Crippen molar-refractivity contribution in [1.82, 2.24) is 0 Å². The molecule has 1 heterocycles. The van der Waals surface area contributed by atoms with Crippen LogP contribution in [-0.2, 0) is 9.53 Å². The number of ether oxygens (including phenoxy) is 1. The Kier molecular flexibility index (Phi) is 5.30. The molecule has 0 aliphatic carbocycles. The van der Waals surface area contributed by atoms with Crippen molar-refractivity contribution >= 4 is 28.9 Å². The molecule has 0 radical (unpaired) electrons. The van der Waals surface area contributed by atoms with Crippen molar-refractivity contribution in [3.05, 3.63) is 15.8 Å². The fourth-order valence-electron chi connectivity index (χ4n) is 1.50. The molecular weight excluding hydrogens is 252 g/mol. The van der Waals surface area contributed by atoms with Gasteiger partial charge in [-0.15, -0.1) is 11.3 Å². The molecule has 6 heteroatoms. The topological polar surface area (TPSA) is 81.4 Å². The van der Waals surface area contributed by atoms with Crippen LogP contribution in [0.2, 0.25) is 0 Å². The molecule has 0 spiro atoms. The van der Waals surface area contributed by atoms with Gasteiger partial charge < -0.3 is 15.8 Å². The number of methoxy groups -OCH3 is 1. The highest BCUT2D eigenvalue weighted by atomic mass is 32.1. The highest BCUT2D eigenvalue weighted by Gasteiger charge is 2.20. The first-order valence-corrected chi connectivity index (χ1v) is 6.62. The molecule has 18 heavy (non-hydrogen) atoms. The third-order valence-electron chi connectivity index (χ3n) is 2.53. The van der Waals surface area contributed by atoms with Crippen LogP contribution in [0.25, 0.3) is 0 Å². The summed E-state index contributed by atoms with van der Waals surface area (Å²) in [6.45, 7) is 3.78. The Bertz CT molecular complexity index is 443. The first-order chi connectivity index (χ1) is 8.51. The molecule has 1 amide bonds. The van der Waals surface area contributed by atoms with Crippen molar-refractivity contribution < 1.29 is 14.3 Å². The molecule has 0 aliphatic rings. The number of rotatable bonds is 5. The lowest BCUT2D eigenvalue weighted by molar-refractivity contribution is -0.117. The van der Waals surface area contributed by atoms with Gasteiger partial charge in [0.1, 0.15) is 4.88 Å². The van der Waals surface area contributed by atoms with Crippen molar-refractivity contribution in [2.45, 2.75) is 32.7 Å². The molecule has 1 atom stereocenters. The summed E-state index contributed by atoms with van der Waals surface area (Å²) in [6.07, 6.45) is 1.45. The number of anilines is 1. The molecule has 0 aliphatic heterocycles. The maximum absolute atomic E-state index is 11.8. The average Bonchev–Trinajstić information content (AvgIpc) is 2.70. The van der Waals surface area contributed by atoms with E-state index in [9.17, 15) is 9.59 Å². The van der Waals surface area contributed by atoms with Crippen LogP contribution in [0.5, 0.6) is 0 Å². The summed E-state index contributed by atoms with van der Waals surface area (Å²) in [4.78, 5) is 23.8. The molecule has 0 unspecified atom stereocenters. The van der Waals surface area contributed by atoms with Crippen LogP contribution in [0.15, 0.2) is 5.38 Å². The maximum Gasteiger partial charge on any atom is 0.350 e. The fourth-order valence-corrected chi connectivity index (χ4v) is 2.42. The van der Waals surface area contributed by atoms with Crippen molar-refractivity contribution in [2.75, 3.05) is 12.4 Å². The van der Waals surface area contributed by atoms with Gasteiger partial charge in [-0.25, -0.2) is 4.79 Å². The van der Waals surface area contributed by atoms with Gasteiger partial charge >= 0.3 is 5.97 Å². The molecule has 3 N–H and O–H groups in total. The standard InChI is InChI=1S/C12H18N2O3S/c1-4-5-8(13)11(15)14-9-7(2)6-18-10(9)12(16)17-3/h6,8H,4-5,13H2,1-3H3,(H,14,15)/t8-/m0/s1. The highest BCUT2D eigenvalue weighted by molar-refractivity contribution is 7.12. The first kappa shape index (κ1) is 14.7. The number of nitrogens with one attached hydrogen (secondary N) is 1. The van der Waals surface area contributed by atoms with Crippen LogP contribution in [0.3, 0.4) is 0 Å². The van der Waals surface area contributed by atoms with Gasteiger partial charge in [-0.3, -0.25) is 4.79 Å². The number of aryl methyl sites for hydroxylation is 1. The van der Waals surface area contributed by atoms with E-state index in [1.807, 2.05) is 13.8 Å². The first-order valence-electron chi connectivity index (χ1n) is 5.74. The summed E-state index contributed by atoms with van der Waals surface area (Å²) in [5.74, 6) is -0.726. The summed E-state index contributed by atoms with van der Waals surface area (Å²) < 4.78 is 4.67. The lowest BCUT2D eigenvalue weighted by Crippen LogP contribution is -2.35. The van der Waals surface area contributed by atoms with Gasteiger partial charge in [0.15, 0.2) is 0 Å². The SMILES string of the molecule is CCC[C@H](N)C(=O)Nc1c(C)csc1C(=O)OC. The smallest absolute Gasteiger partial charge is 0.350 e.